The van der Waals surface area contributed by atoms with Crippen molar-refractivity contribution >= 4 is 41.5 Å². The van der Waals surface area contributed by atoms with Crippen LogP contribution in [0.5, 0.6) is 0 Å². The molecule has 2 aromatic heterocycles. The van der Waals surface area contributed by atoms with Crippen molar-refractivity contribution in [1.29, 1.82) is 0 Å². The SMILES string of the molecule is CCCC(N)C(=O)Nc1cn(C(C)(C)CC(=O)OC)cn1.CCCC(NC(=O)OC(C)(C)C)C(=O)Nc1cn(C(C)(C)CC(=O)OC)cn1. The average Bonchev–Trinajstić information content (AvgIpc) is 3.67. The number of rotatable bonds is 15. The lowest BCUT2D eigenvalue weighted by molar-refractivity contribution is -0.143. The van der Waals surface area contributed by atoms with Gasteiger partial charge in [0.25, 0.3) is 0 Å². The Morgan fingerprint density at radius 2 is 1.18 bits per heavy atom. The molecule has 276 valence electrons. The van der Waals surface area contributed by atoms with Crippen molar-refractivity contribution in [3.63, 3.8) is 0 Å². The number of anilines is 2. The number of hydrogen-bond acceptors (Lipinski definition) is 11. The summed E-state index contributed by atoms with van der Waals surface area (Å²) in [5.74, 6) is -0.533. The fraction of sp³-hybridized carbons (Fsp3) is 0.667. The van der Waals surface area contributed by atoms with Crippen molar-refractivity contribution in [1.82, 2.24) is 24.4 Å². The Morgan fingerprint density at radius 3 is 1.57 bits per heavy atom. The topological polar surface area (TPSA) is 211 Å². The third-order valence-corrected chi connectivity index (χ3v) is 7.20. The lowest BCUT2D eigenvalue weighted by atomic mass is 10.0. The molecule has 5 N–H and O–H groups in total. The Hall–Kier alpha value is -4.47. The molecular weight excluding hydrogens is 636 g/mol. The molecule has 0 bridgehead atoms. The molecule has 2 heterocycles. The highest BCUT2D eigenvalue weighted by Gasteiger charge is 2.28. The minimum atomic E-state index is -0.743. The summed E-state index contributed by atoms with van der Waals surface area (Å²) in [6.45, 7) is 16.7. The molecule has 0 aliphatic heterocycles. The van der Waals surface area contributed by atoms with Gasteiger partial charge in [0.2, 0.25) is 11.8 Å². The third kappa shape index (κ3) is 15.1. The van der Waals surface area contributed by atoms with Crippen molar-refractivity contribution in [3.8, 4) is 0 Å². The number of hydrogen-bond donors (Lipinski definition) is 4. The second-order valence-corrected chi connectivity index (χ2v) is 13.8. The molecule has 2 atom stereocenters. The van der Waals surface area contributed by atoms with Crippen LogP contribution in [0.1, 0.15) is 101 Å². The molecule has 0 fully saturated rings. The van der Waals surface area contributed by atoms with Crippen LogP contribution in [-0.2, 0) is 44.5 Å². The summed E-state index contributed by atoms with van der Waals surface area (Å²) in [7, 11) is 2.69. The van der Waals surface area contributed by atoms with E-state index in [9.17, 15) is 24.0 Å². The molecule has 2 rings (SSSR count). The molecule has 3 amide bonds. The highest BCUT2D eigenvalue weighted by molar-refractivity contribution is 5.96. The molecule has 0 aromatic carbocycles. The Labute approximate surface area is 289 Å². The Bertz CT molecular complexity index is 1390. The van der Waals surface area contributed by atoms with Gasteiger partial charge in [-0.05, 0) is 61.3 Å². The number of carbonyl (C=O) groups excluding carboxylic acids is 5. The average molecular weight is 693 g/mol. The standard InChI is InChI=1S/C19H32N4O5.C14H24N4O3/c1-8-9-13(21-17(26)28-18(2,3)4)16(25)22-14-11-23(12-20-14)19(5,6)10-15(24)27-7;1-5-6-10(15)13(20)17-11-8-18(9-16-11)14(2,3)7-12(19)21-4/h11-13H,8-10H2,1-7H3,(H,21,26)(H,22,25);8-10H,5-7,15H2,1-4H3,(H,17,20). The number of nitrogens with one attached hydrogen (secondary N) is 3. The van der Waals surface area contributed by atoms with Crippen LogP contribution in [0.2, 0.25) is 0 Å². The smallest absolute Gasteiger partial charge is 0.408 e. The predicted octanol–water partition coefficient (Wildman–Crippen LogP) is 4.06. The zero-order chi connectivity index (χ0) is 37.6. The van der Waals surface area contributed by atoms with E-state index >= 15 is 0 Å². The van der Waals surface area contributed by atoms with Gasteiger partial charge in [0.15, 0.2) is 11.6 Å². The number of aromatic nitrogens is 4. The highest BCUT2D eigenvalue weighted by Crippen LogP contribution is 2.23. The summed E-state index contributed by atoms with van der Waals surface area (Å²) in [4.78, 5) is 67.7. The van der Waals surface area contributed by atoms with E-state index in [1.54, 1.807) is 48.6 Å². The maximum absolute atomic E-state index is 12.6. The van der Waals surface area contributed by atoms with E-state index in [1.807, 2.05) is 41.5 Å². The first-order chi connectivity index (χ1) is 22.7. The molecule has 0 saturated carbocycles. The van der Waals surface area contributed by atoms with E-state index in [0.717, 1.165) is 6.42 Å². The van der Waals surface area contributed by atoms with Crippen LogP contribution in [-0.4, -0.2) is 80.9 Å². The summed E-state index contributed by atoms with van der Waals surface area (Å²) < 4.78 is 18.1. The number of nitrogens with two attached hydrogens (primary N) is 1. The van der Waals surface area contributed by atoms with Gasteiger partial charge in [-0.3, -0.25) is 19.2 Å². The van der Waals surface area contributed by atoms with E-state index in [0.29, 0.717) is 30.9 Å². The monoisotopic (exact) mass is 692 g/mol. The van der Waals surface area contributed by atoms with Crippen LogP contribution < -0.4 is 21.7 Å². The van der Waals surface area contributed by atoms with Gasteiger partial charge in [-0.1, -0.05) is 26.7 Å². The van der Waals surface area contributed by atoms with Crippen LogP contribution in [0.4, 0.5) is 16.4 Å². The molecule has 2 unspecified atom stereocenters. The molecular formula is C33H56N8O8. The fourth-order valence-corrected chi connectivity index (χ4v) is 4.35. The van der Waals surface area contributed by atoms with Gasteiger partial charge >= 0.3 is 18.0 Å². The summed E-state index contributed by atoms with van der Waals surface area (Å²) in [5, 5.41) is 7.97. The van der Waals surface area contributed by atoms with Gasteiger partial charge in [0.1, 0.15) is 11.6 Å². The quantitative estimate of drug-likeness (QED) is 0.154. The molecule has 0 spiro atoms. The van der Waals surface area contributed by atoms with E-state index in [4.69, 9.17) is 15.2 Å². The fourth-order valence-electron chi connectivity index (χ4n) is 4.35. The Morgan fingerprint density at radius 1 is 0.755 bits per heavy atom. The molecule has 16 nitrogen and oxygen atoms in total. The highest BCUT2D eigenvalue weighted by atomic mass is 16.6. The number of carbonyl (C=O) groups is 5. The molecule has 2 aromatic rings. The van der Waals surface area contributed by atoms with Crippen LogP contribution in [0.3, 0.4) is 0 Å². The second-order valence-electron chi connectivity index (χ2n) is 13.8. The predicted molar refractivity (Wildman–Crippen MR) is 185 cm³/mol. The summed E-state index contributed by atoms with van der Waals surface area (Å²) in [6.07, 6.45) is 8.78. The maximum Gasteiger partial charge on any atom is 0.408 e. The Balaban J connectivity index is 0.000000510. The van der Waals surface area contributed by atoms with E-state index in [2.05, 4.69) is 30.7 Å². The van der Waals surface area contributed by atoms with E-state index < -0.39 is 34.9 Å². The Kier molecular flexibility index (Phi) is 16.4. The van der Waals surface area contributed by atoms with Crippen molar-refractivity contribution in [2.24, 2.45) is 5.73 Å². The first-order valence-electron chi connectivity index (χ1n) is 16.3. The summed E-state index contributed by atoms with van der Waals surface area (Å²) in [5.41, 5.74) is 4.03. The van der Waals surface area contributed by atoms with Gasteiger partial charge in [-0.2, -0.15) is 0 Å². The van der Waals surface area contributed by atoms with Crippen molar-refractivity contribution in [3.05, 3.63) is 25.0 Å². The van der Waals surface area contributed by atoms with Gasteiger partial charge < -0.3 is 45.0 Å². The van der Waals surface area contributed by atoms with E-state index in [-0.39, 0.29) is 36.6 Å². The van der Waals surface area contributed by atoms with Gasteiger partial charge in [0, 0.05) is 12.4 Å². The molecule has 0 aliphatic rings. The van der Waals surface area contributed by atoms with Gasteiger partial charge in [-0.25, -0.2) is 14.8 Å². The van der Waals surface area contributed by atoms with Crippen LogP contribution >= 0.6 is 0 Å². The van der Waals surface area contributed by atoms with Crippen molar-refractivity contribution in [2.45, 2.75) is 130 Å². The number of ether oxygens (including phenoxy) is 3. The van der Waals surface area contributed by atoms with Crippen molar-refractivity contribution < 1.29 is 38.2 Å². The second kappa shape index (κ2) is 18.9. The normalized spacial score (nSPS) is 12.8. The zero-order valence-electron chi connectivity index (χ0n) is 30.8. The summed E-state index contributed by atoms with van der Waals surface area (Å²) in [6, 6.07) is -1.28. The number of methoxy groups -OCH3 is 2. The van der Waals surface area contributed by atoms with Crippen LogP contribution in [0.25, 0.3) is 0 Å². The molecule has 0 radical (unpaired) electrons. The van der Waals surface area contributed by atoms with Crippen LogP contribution in [0.15, 0.2) is 25.0 Å². The minimum Gasteiger partial charge on any atom is -0.469 e. The van der Waals surface area contributed by atoms with Crippen molar-refractivity contribution in [2.75, 3.05) is 24.9 Å². The number of esters is 2. The largest absolute Gasteiger partial charge is 0.469 e. The van der Waals surface area contributed by atoms with Gasteiger partial charge in [0.05, 0.1) is 56.8 Å². The number of imidazole rings is 2. The van der Waals surface area contributed by atoms with Crippen LogP contribution in [0, 0.1) is 0 Å². The minimum absolute atomic E-state index is 0.159. The number of amides is 3. The lowest BCUT2D eigenvalue weighted by Crippen LogP contribution is -2.45. The first-order valence-corrected chi connectivity index (χ1v) is 16.3. The number of nitrogens with zero attached hydrogens (tertiary/aromatic N) is 4. The maximum atomic E-state index is 12.6. The van der Waals surface area contributed by atoms with E-state index in [1.165, 1.54) is 20.5 Å². The van der Waals surface area contributed by atoms with Gasteiger partial charge in [-0.15, -0.1) is 0 Å². The molecule has 49 heavy (non-hydrogen) atoms. The molecule has 16 heteroatoms. The molecule has 0 saturated heterocycles. The summed E-state index contributed by atoms with van der Waals surface area (Å²) >= 11 is 0. The third-order valence-electron chi connectivity index (χ3n) is 7.20. The lowest BCUT2D eigenvalue weighted by Gasteiger charge is -2.25. The first kappa shape index (κ1) is 42.6. The number of alkyl carbamates (subject to hydrolysis) is 1. The zero-order valence-corrected chi connectivity index (χ0v) is 30.8. The molecule has 0 aliphatic carbocycles.